The van der Waals surface area contributed by atoms with Gasteiger partial charge in [-0.25, -0.2) is 0 Å². The zero-order chi connectivity index (χ0) is 25.6. The van der Waals surface area contributed by atoms with Crippen molar-refractivity contribution in [2.45, 2.75) is 74.4 Å². The van der Waals surface area contributed by atoms with E-state index in [0.717, 1.165) is 0 Å². The van der Waals surface area contributed by atoms with Crippen molar-refractivity contribution in [1.82, 2.24) is 0 Å². The van der Waals surface area contributed by atoms with Gasteiger partial charge >= 0.3 is 23.9 Å². The average molecular weight is 545 g/mol. The summed E-state index contributed by atoms with van der Waals surface area (Å²) in [6.07, 6.45) is 0.183. The van der Waals surface area contributed by atoms with Crippen molar-refractivity contribution in [2.24, 2.45) is 5.41 Å². The summed E-state index contributed by atoms with van der Waals surface area (Å²) in [5.41, 5.74) is -1.30. The summed E-state index contributed by atoms with van der Waals surface area (Å²) < 4.78 is 21.4. The quantitative estimate of drug-likeness (QED) is 0.134. The smallest absolute Gasteiger partial charge is 0.306 e. The van der Waals surface area contributed by atoms with E-state index in [1.54, 1.807) is 27.7 Å². The molecule has 4 unspecified atom stereocenters. The summed E-state index contributed by atoms with van der Waals surface area (Å²) in [6, 6.07) is 0. The Labute approximate surface area is 218 Å². The van der Waals surface area contributed by atoms with Crippen molar-refractivity contribution in [3.8, 4) is 0 Å². The summed E-state index contributed by atoms with van der Waals surface area (Å²) in [6.45, 7) is 5.73. The van der Waals surface area contributed by atoms with Crippen molar-refractivity contribution < 1.29 is 38.1 Å². The minimum absolute atomic E-state index is 0.0457. The zero-order valence-electron chi connectivity index (χ0n) is 19.5. The van der Waals surface area contributed by atoms with E-state index in [4.69, 9.17) is 18.9 Å². The molecule has 0 radical (unpaired) electrons. The number of hydrogen-bond acceptors (Lipinski definition) is 12. The monoisotopic (exact) mass is 544 g/mol. The predicted octanol–water partition coefficient (Wildman–Crippen LogP) is 2.98. The Morgan fingerprint density at radius 2 is 0.697 bits per heavy atom. The molecular formula is C21H36O8S4. The van der Waals surface area contributed by atoms with Crippen molar-refractivity contribution in [2.75, 3.05) is 26.4 Å². The highest BCUT2D eigenvalue weighted by Crippen LogP contribution is 2.23. The summed E-state index contributed by atoms with van der Waals surface area (Å²) in [5, 5.41) is -0.922. The van der Waals surface area contributed by atoms with Crippen LogP contribution in [0.3, 0.4) is 0 Å². The van der Waals surface area contributed by atoms with Crippen molar-refractivity contribution in [3.05, 3.63) is 0 Å². The Morgan fingerprint density at radius 3 is 0.848 bits per heavy atom. The number of esters is 4. The SMILES string of the molecule is CC(S)CC(=O)OCC(COC(=O)CC(C)S)(COC(=O)CC(C)S)COC(=O)CC(C)S. The van der Waals surface area contributed by atoms with Crippen LogP contribution in [-0.4, -0.2) is 71.3 Å². The molecule has 12 heteroatoms. The van der Waals surface area contributed by atoms with Crippen LogP contribution in [0.4, 0.5) is 0 Å². The van der Waals surface area contributed by atoms with E-state index in [0.29, 0.717) is 0 Å². The molecule has 33 heavy (non-hydrogen) atoms. The van der Waals surface area contributed by atoms with E-state index in [1.807, 2.05) is 0 Å². The molecule has 0 bridgehead atoms. The van der Waals surface area contributed by atoms with Crippen LogP contribution in [-0.2, 0) is 38.1 Å². The van der Waals surface area contributed by atoms with Gasteiger partial charge in [-0.05, 0) is 0 Å². The second-order valence-corrected chi connectivity index (χ2v) is 11.9. The Balaban J connectivity index is 5.59. The van der Waals surface area contributed by atoms with Crippen LogP contribution in [0, 0.1) is 5.41 Å². The van der Waals surface area contributed by atoms with E-state index in [2.05, 4.69) is 50.5 Å². The van der Waals surface area contributed by atoms with Crippen LogP contribution in [0.1, 0.15) is 53.4 Å². The molecule has 0 aromatic carbocycles. The zero-order valence-corrected chi connectivity index (χ0v) is 23.1. The number of carbonyl (C=O) groups is 4. The highest BCUT2D eigenvalue weighted by Gasteiger charge is 2.38. The molecular weight excluding hydrogens is 508 g/mol. The molecule has 0 fully saturated rings. The van der Waals surface area contributed by atoms with Crippen LogP contribution >= 0.6 is 50.5 Å². The fourth-order valence-corrected chi connectivity index (χ4v) is 2.98. The molecule has 0 aliphatic rings. The van der Waals surface area contributed by atoms with E-state index in [-0.39, 0.29) is 73.1 Å². The Hall–Kier alpha value is -0.720. The first kappa shape index (κ1) is 32.3. The molecule has 0 spiro atoms. The number of ether oxygens (including phenoxy) is 4. The van der Waals surface area contributed by atoms with Crippen LogP contribution in [0.15, 0.2) is 0 Å². The van der Waals surface area contributed by atoms with Gasteiger partial charge in [0, 0.05) is 21.0 Å². The normalized spacial score (nSPS) is 16.5. The Kier molecular flexibility index (Phi) is 16.5. The van der Waals surface area contributed by atoms with E-state index in [1.165, 1.54) is 0 Å². The summed E-state index contributed by atoms with van der Waals surface area (Å²) in [7, 11) is 0. The number of hydrogen-bond donors (Lipinski definition) is 4. The Morgan fingerprint density at radius 1 is 0.515 bits per heavy atom. The van der Waals surface area contributed by atoms with Crippen LogP contribution < -0.4 is 0 Å². The maximum Gasteiger partial charge on any atom is 0.306 e. The van der Waals surface area contributed by atoms with Gasteiger partial charge in [-0.15, -0.1) is 0 Å². The molecule has 8 nitrogen and oxygen atoms in total. The highest BCUT2D eigenvalue weighted by molar-refractivity contribution is 7.81. The summed E-state index contributed by atoms with van der Waals surface area (Å²) >= 11 is 16.7. The molecule has 0 aliphatic heterocycles. The lowest BCUT2D eigenvalue weighted by atomic mass is 9.92. The first-order chi connectivity index (χ1) is 15.2. The Bertz CT molecular complexity index is 528. The second kappa shape index (κ2) is 16.8. The van der Waals surface area contributed by atoms with E-state index in [9.17, 15) is 19.2 Å². The molecule has 0 aromatic heterocycles. The largest absolute Gasteiger partial charge is 0.465 e. The van der Waals surface area contributed by atoms with Crippen LogP contribution in [0.25, 0.3) is 0 Å². The van der Waals surface area contributed by atoms with Gasteiger partial charge in [0.25, 0.3) is 0 Å². The first-order valence-corrected chi connectivity index (χ1v) is 12.7. The molecule has 0 heterocycles. The minimum atomic E-state index is -1.30. The van der Waals surface area contributed by atoms with Gasteiger partial charge in [-0.2, -0.15) is 50.5 Å². The third-order valence-corrected chi connectivity index (χ3v) is 4.74. The fourth-order valence-electron chi connectivity index (χ4n) is 2.38. The van der Waals surface area contributed by atoms with Crippen molar-refractivity contribution >= 4 is 74.4 Å². The molecule has 0 amide bonds. The fraction of sp³-hybridized carbons (Fsp3) is 0.810. The maximum atomic E-state index is 12.1. The molecule has 0 aromatic rings. The lowest BCUT2D eigenvalue weighted by Gasteiger charge is -2.32. The third kappa shape index (κ3) is 17.4. The average Bonchev–Trinajstić information content (AvgIpc) is 2.64. The van der Waals surface area contributed by atoms with Gasteiger partial charge < -0.3 is 18.9 Å². The molecule has 0 rings (SSSR count). The molecule has 0 saturated carbocycles. The number of carbonyl (C=O) groups excluding carboxylic acids is 4. The molecule has 192 valence electrons. The standard InChI is InChI=1S/C21H36O8S4/c1-13(30)5-17(22)26-9-21(10-27-18(23)6-14(2)31,11-28-19(24)7-15(3)32)12-29-20(25)8-16(4)33/h13-16,30-33H,5-12H2,1-4H3. The number of rotatable bonds is 16. The van der Waals surface area contributed by atoms with Gasteiger partial charge in [0.1, 0.15) is 31.8 Å². The molecule has 0 saturated heterocycles. The lowest BCUT2D eigenvalue weighted by molar-refractivity contribution is -0.170. The topological polar surface area (TPSA) is 105 Å². The first-order valence-electron chi connectivity index (χ1n) is 10.6. The van der Waals surface area contributed by atoms with Gasteiger partial charge in [-0.1, -0.05) is 27.7 Å². The second-order valence-electron chi connectivity index (χ2n) is 8.36. The maximum absolute atomic E-state index is 12.1. The van der Waals surface area contributed by atoms with Crippen LogP contribution in [0.2, 0.25) is 0 Å². The van der Waals surface area contributed by atoms with Gasteiger partial charge in [0.15, 0.2) is 0 Å². The molecule has 4 atom stereocenters. The summed E-state index contributed by atoms with van der Waals surface area (Å²) in [4.78, 5) is 48.5. The minimum Gasteiger partial charge on any atom is -0.465 e. The van der Waals surface area contributed by atoms with Crippen molar-refractivity contribution in [3.63, 3.8) is 0 Å². The van der Waals surface area contributed by atoms with E-state index < -0.39 is 29.3 Å². The van der Waals surface area contributed by atoms with Gasteiger partial charge in [0.05, 0.1) is 25.7 Å². The molecule has 0 aliphatic carbocycles. The van der Waals surface area contributed by atoms with Gasteiger partial charge in [0.2, 0.25) is 0 Å². The van der Waals surface area contributed by atoms with Gasteiger partial charge in [-0.3, -0.25) is 19.2 Å². The highest BCUT2D eigenvalue weighted by atomic mass is 32.1. The van der Waals surface area contributed by atoms with Crippen molar-refractivity contribution in [1.29, 1.82) is 0 Å². The third-order valence-electron chi connectivity index (χ3n) is 4.01. The molecule has 0 N–H and O–H groups in total. The van der Waals surface area contributed by atoms with Crippen LogP contribution in [0.5, 0.6) is 0 Å². The predicted molar refractivity (Wildman–Crippen MR) is 139 cm³/mol. The summed E-state index contributed by atoms with van der Waals surface area (Å²) in [5.74, 6) is -2.16. The number of thiol groups is 4. The lowest BCUT2D eigenvalue weighted by Crippen LogP contribution is -2.44. The van der Waals surface area contributed by atoms with E-state index >= 15 is 0 Å².